The molecule has 0 aromatic carbocycles. The van der Waals surface area contributed by atoms with E-state index in [0.717, 1.165) is 6.42 Å². The average Bonchev–Trinajstić information content (AvgIpc) is 2.74. The van der Waals surface area contributed by atoms with Gasteiger partial charge < -0.3 is 9.64 Å². The summed E-state index contributed by atoms with van der Waals surface area (Å²) in [5.41, 5.74) is 0.302. The highest BCUT2D eigenvalue weighted by atomic mass is 35.5. The molecule has 1 amide bonds. The second-order valence-corrected chi connectivity index (χ2v) is 4.48. The smallest absolute Gasteiger partial charge is 0.274 e. The van der Waals surface area contributed by atoms with Crippen molar-refractivity contribution in [2.24, 2.45) is 0 Å². The molecule has 1 saturated heterocycles. The van der Waals surface area contributed by atoms with Gasteiger partial charge in [0.05, 0.1) is 12.1 Å². The van der Waals surface area contributed by atoms with Crippen molar-refractivity contribution in [3.05, 3.63) is 23.0 Å². The summed E-state index contributed by atoms with van der Waals surface area (Å²) in [4.78, 5) is 13.8. The molecule has 0 aliphatic carbocycles. The Kier molecular flexibility index (Phi) is 3.59. The third kappa shape index (κ3) is 2.56. The van der Waals surface area contributed by atoms with Crippen molar-refractivity contribution in [3.63, 3.8) is 0 Å². The number of ether oxygens (including phenoxy) is 1. The van der Waals surface area contributed by atoms with E-state index in [-0.39, 0.29) is 23.2 Å². The monoisotopic (exact) mass is 255 g/mol. The van der Waals surface area contributed by atoms with Crippen LogP contribution in [0.3, 0.4) is 0 Å². The minimum atomic E-state index is -0.156. The summed E-state index contributed by atoms with van der Waals surface area (Å²) in [6, 6.07) is 3.23. The minimum absolute atomic E-state index is 0.0595. The normalized spacial score (nSPS) is 23.7. The second kappa shape index (κ2) is 4.98. The molecule has 1 aliphatic rings. The van der Waals surface area contributed by atoms with E-state index in [4.69, 9.17) is 16.3 Å². The van der Waals surface area contributed by atoms with Gasteiger partial charge in [-0.2, -0.15) is 0 Å². The summed E-state index contributed by atoms with van der Waals surface area (Å²) < 4.78 is 5.44. The maximum absolute atomic E-state index is 12.1. The number of halogens is 1. The van der Waals surface area contributed by atoms with Crippen molar-refractivity contribution in [2.75, 3.05) is 13.7 Å². The fraction of sp³-hybridized carbons (Fsp3) is 0.545. The molecule has 2 rings (SSSR count). The van der Waals surface area contributed by atoms with Gasteiger partial charge in [-0.1, -0.05) is 11.6 Å². The van der Waals surface area contributed by atoms with E-state index in [2.05, 4.69) is 10.2 Å². The van der Waals surface area contributed by atoms with E-state index >= 15 is 0 Å². The lowest BCUT2D eigenvalue weighted by molar-refractivity contribution is 0.0569. The largest absolute Gasteiger partial charge is 0.376 e. The van der Waals surface area contributed by atoms with Gasteiger partial charge >= 0.3 is 0 Å². The third-order valence-electron chi connectivity index (χ3n) is 3.01. The Bertz CT molecular complexity index is 410. The molecular weight excluding hydrogens is 242 g/mol. The molecule has 5 nitrogen and oxygen atoms in total. The molecule has 0 radical (unpaired) electrons. The molecule has 0 bridgehead atoms. The molecular formula is C11H14ClN3O2. The summed E-state index contributed by atoms with van der Waals surface area (Å²) in [5, 5.41) is 7.73. The lowest BCUT2D eigenvalue weighted by Gasteiger charge is -2.26. The van der Waals surface area contributed by atoms with Crippen LogP contribution in [-0.2, 0) is 4.74 Å². The molecule has 1 aliphatic heterocycles. The highest BCUT2D eigenvalue weighted by Gasteiger charge is 2.31. The van der Waals surface area contributed by atoms with E-state index < -0.39 is 0 Å². The molecule has 0 spiro atoms. The zero-order valence-corrected chi connectivity index (χ0v) is 10.5. The van der Waals surface area contributed by atoms with Crippen LogP contribution in [0.1, 0.15) is 23.8 Å². The summed E-state index contributed by atoms with van der Waals surface area (Å²) in [6.45, 7) is 2.66. The van der Waals surface area contributed by atoms with Gasteiger partial charge in [0, 0.05) is 13.7 Å². The molecule has 1 aromatic rings. The molecule has 1 fully saturated rings. The van der Waals surface area contributed by atoms with Crippen molar-refractivity contribution < 1.29 is 9.53 Å². The molecule has 2 heterocycles. The standard InChI is InChI=1S/C11H14ClN3O2/c1-7-9(5-6-17-7)15(2)11(16)8-3-4-10(12)14-13-8/h3-4,7,9H,5-6H2,1-2H3. The summed E-state index contributed by atoms with van der Waals surface area (Å²) in [6.07, 6.45) is 0.911. The van der Waals surface area contributed by atoms with Crippen LogP contribution in [0, 0.1) is 0 Å². The van der Waals surface area contributed by atoms with E-state index in [9.17, 15) is 4.79 Å². The van der Waals surface area contributed by atoms with Crippen molar-refractivity contribution in [1.82, 2.24) is 15.1 Å². The molecule has 1 aromatic heterocycles. The first-order valence-corrected chi connectivity index (χ1v) is 5.85. The lowest BCUT2D eigenvalue weighted by Crippen LogP contribution is -2.41. The predicted octanol–water partition coefficient (Wildman–Crippen LogP) is 1.38. The van der Waals surface area contributed by atoms with E-state index in [0.29, 0.717) is 12.3 Å². The maximum Gasteiger partial charge on any atom is 0.274 e. The number of hydrogen-bond donors (Lipinski definition) is 0. The van der Waals surface area contributed by atoms with Gasteiger partial charge in [-0.3, -0.25) is 4.79 Å². The number of carbonyl (C=O) groups excluding carboxylic acids is 1. The number of aromatic nitrogens is 2. The molecule has 0 saturated carbocycles. The number of amides is 1. The lowest BCUT2D eigenvalue weighted by atomic mass is 10.1. The number of carbonyl (C=O) groups is 1. The van der Waals surface area contributed by atoms with Gasteiger partial charge in [0.25, 0.3) is 5.91 Å². The van der Waals surface area contributed by atoms with Crippen LogP contribution < -0.4 is 0 Å². The minimum Gasteiger partial charge on any atom is -0.376 e. The Morgan fingerprint density at radius 1 is 1.53 bits per heavy atom. The Hall–Kier alpha value is -1.20. The van der Waals surface area contributed by atoms with Crippen molar-refractivity contribution in [3.8, 4) is 0 Å². The van der Waals surface area contributed by atoms with Crippen molar-refractivity contribution in [2.45, 2.75) is 25.5 Å². The van der Waals surface area contributed by atoms with Gasteiger partial charge in [-0.25, -0.2) is 0 Å². The summed E-state index contributed by atoms with van der Waals surface area (Å²) in [5.74, 6) is -0.156. The van der Waals surface area contributed by atoms with Crippen LogP contribution in [0.2, 0.25) is 5.15 Å². The van der Waals surface area contributed by atoms with Crippen LogP contribution in [0.15, 0.2) is 12.1 Å². The Morgan fingerprint density at radius 2 is 2.29 bits per heavy atom. The van der Waals surface area contributed by atoms with Crippen LogP contribution >= 0.6 is 11.6 Å². The Morgan fingerprint density at radius 3 is 2.82 bits per heavy atom. The van der Waals surface area contributed by atoms with Crippen molar-refractivity contribution >= 4 is 17.5 Å². The van der Waals surface area contributed by atoms with Gasteiger partial charge in [0.2, 0.25) is 0 Å². The van der Waals surface area contributed by atoms with Crippen LogP contribution in [0.5, 0.6) is 0 Å². The first-order valence-electron chi connectivity index (χ1n) is 5.47. The SMILES string of the molecule is CC1OCCC1N(C)C(=O)c1ccc(Cl)nn1. The number of rotatable bonds is 2. The Balaban J connectivity index is 2.11. The molecule has 2 atom stereocenters. The fourth-order valence-corrected chi connectivity index (χ4v) is 2.09. The van der Waals surface area contributed by atoms with Crippen LogP contribution in [0.4, 0.5) is 0 Å². The second-order valence-electron chi connectivity index (χ2n) is 4.09. The summed E-state index contributed by atoms with van der Waals surface area (Å²) >= 11 is 5.63. The highest BCUT2D eigenvalue weighted by molar-refractivity contribution is 6.29. The quantitative estimate of drug-likeness (QED) is 0.801. The van der Waals surface area contributed by atoms with Gasteiger partial charge in [0.1, 0.15) is 0 Å². The van der Waals surface area contributed by atoms with Crippen molar-refractivity contribution in [1.29, 1.82) is 0 Å². The topological polar surface area (TPSA) is 55.3 Å². The van der Waals surface area contributed by atoms with E-state index in [1.807, 2.05) is 6.92 Å². The zero-order valence-electron chi connectivity index (χ0n) is 9.76. The maximum atomic E-state index is 12.1. The van der Waals surface area contributed by atoms with Gasteiger partial charge in [-0.05, 0) is 25.5 Å². The molecule has 17 heavy (non-hydrogen) atoms. The molecule has 6 heteroatoms. The van der Waals surface area contributed by atoms with Gasteiger partial charge in [-0.15, -0.1) is 10.2 Å². The van der Waals surface area contributed by atoms with Gasteiger partial charge in [0.15, 0.2) is 10.8 Å². The number of nitrogens with zero attached hydrogens (tertiary/aromatic N) is 3. The summed E-state index contributed by atoms with van der Waals surface area (Å²) in [7, 11) is 1.76. The molecule has 92 valence electrons. The first kappa shape index (κ1) is 12.3. The Labute approximate surface area is 105 Å². The third-order valence-corrected chi connectivity index (χ3v) is 3.21. The van der Waals surface area contributed by atoms with Crippen LogP contribution in [0.25, 0.3) is 0 Å². The van der Waals surface area contributed by atoms with E-state index in [1.165, 1.54) is 0 Å². The molecule has 2 unspecified atom stereocenters. The van der Waals surface area contributed by atoms with Crippen LogP contribution in [-0.4, -0.2) is 46.8 Å². The average molecular weight is 256 g/mol. The highest BCUT2D eigenvalue weighted by Crippen LogP contribution is 2.19. The first-order chi connectivity index (χ1) is 8.09. The fourth-order valence-electron chi connectivity index (χ4n) is 1.99. The predicted molar refractivity (Wildman–Crippen MR) is 63.0 cm³/mol. The number of hydrogen-bond acceptors (Lipinski definition) is 4. The number of likely N-dealkylation sites (N-methyl/N-ethyl adjacent to an activating group) is 1. The molecule has 0 N–H and O–H groups in total. The zero-order chi connectivity index (χ0) is 12.4. The van der Waals surface area contributed by atoms with E-state index in [1.54, 1.807) is 24.1 Å².